The quantitative estimate of drug-likeness (QED) is 0.527. The second kappa shape index (κ2) is 6.22. The summed E-state index contributed by atoms with van der Waals surface area (Å²) < 4.78 is 4.47. The van der Waals surface area contributed by atoms with E-state index in [0.29, 0.717) is 18.8 Å². The highest BCUT2D eigenvalue weighted by Crippen LogP contribution is 2.27. The topological polar surface area (TPSA) is 55.4 Å². The second-order valence-corrected chi connectivity index (χ2v) is 3.71. The molecule has 0 atom stereocenters. The van der Waals surface area contributed by atoms with Crippen LogP contribution in [0, 0.1) is 5.92 Å². The van der Waals surface area contributed by atoms with Gasteiger partial charge in [0.05, 0.1) is 7.11 Å². The Morgan fingerprint density at radius 1 is 1.47 bits per heavy atom. The predicted octanol–water partition coefficient (Wildman–Crippen LogP) is 1.02. The monoisotopic (exact) mass is 211 g/mol. The lowest BCUT2D eigenvalue weighted by atomic mass is 10.3. The van der Waals surface area contributed by atoms with Crippen LogP contribution in [0.2, 0.25) is 0 Å². The molecule has 0 aromatic heterocycles. The van der Waals surface area contributed by atoms with Crippen molar-refractivity contribution in [2.24, 2.45) is 5.92 Å². The van der Waals surface area contributed by atoms with E-state index in [9.17, 15) is 9.59 Å². The second-order valence-electron chi connectivity index (χ2n) is 3.71. The van der Waals surface area contributed by atoms with Gasteiger partial charge in [-0.1, -0.05) is 6.08 Å². The molecule has 15 heavy (non-hydrogen) atoms. The number of amides is 1. The zero-order valence-electron chi connectivity index (χ0n) is 8.99. The molecule has 0 aromatic carbocycles. The van der Waals surface area contributed by atoms with Gasteiger partial charge in [0.2, 0.25) is 5.91 Å². The Morgan fingerprint density at radius 3 is 2.80 bits per heavy atom. The van der Waals surface area contributed by atoms with Crippen LogP contribution in [-0.4, -0.2) is 25.5 Å². The first-order chi connectivity index (χ1) is 7.22. The van der Waals surface area contributed by atoms with Gasteiger partial charge >= 0.3 is 5.97 Å². The van der Waals surface area contributed by atoms with E-state index in [4.69, 9.17) is 0 Å². The van der Waals surface area contributed by atoms with Gasteiger partial charge in [0.15, 0.2) is 0 Å². The average Bonchev–Trinajstić information content (AvgIpc) is 3.04. The lowest BCUT2D eigenvalue weighted by molar-refractivity contribution is -0.140. The van der Waals surface area contributed by atoms with Crippen molar-refractivity contribution in [3.8, 4) is 0 Å². The number of rotatable bonds is 6. The minimum atomic E-state index is -0.252. The van der Waals surface area contributed by atoms with E-state index >= 15 is 0 Å². The zero-order chi connectivity index (χ0) is 11.1. The van der Waals surface area contributed by atoms with E-state index < -0.39 is 0 Å². The summed E-state index contributed by atoms with van der Waals surface area (Å²) in [6, 6.07) is 0. The van der Waals surface area contributed by atoms with Gasteiger partial charge in [-0.15, -0.1) is 0 Å². The summed E-state index contributed by atoms with van der Waals surface area (Å²) in [5.74, 6) is 0.363. The summed E-state index contributed by atoms with van der Waals surface area (Å²) in [6.07, 6.45) is 6.50. The van der Waals surface area contributed by atoms with Crippen LogP contribution < -0.4 is 5.32 Å². The van der Waals surface area contributed by atoms with Gasteiger partial charge in [-0.25, -0.2) is 0 Å². The Morgan fingerprint density at radius 2 is 2.20 bits per heavy atom. The third-order valence-corrected chi connectivity index (χ3v) is 2.27. The summed E-state index contributed by atoms with van der Waals surface area (Å²) in [5.41, 5.74) is 0. The molecule has 4 nitrogen and oxygen atoms in total. The molecule has 1 aliphatic rings. The van der Waals surface area contributed by atoms with Gasteiger partial charge in [0.1, 0.15) is 0 Å². The molecule has 1 aliphatic carbocycles. The molecule has 1 saturated carbocycles. The van der Waals surface area contributed by atoms with Crippen molar-refractivity contribution in [3.05, 3.63) is 12.2 Å². The third-order valence-electron chi connectivity index (χ3n) is 2.27. The van der Waals surface area contributed by atoms with Crippen LogP contribution >= 0.6 is 0 Å². The number of nitrogens with one attached hydrogen (secondary N) is 1. The number of allylic oxidation sites excluding steroid dienone is 1. The van der Waals surface area contributed by atoms with Crippen LogP contribution in [0.5, 0.6) is 0 Å². The number of methoxy groups -OCH3 is 1. The summed E-state index contributed by atoms with van der Waals surface area (Å²) in [7, 11) is 1.36. The fourth-order valence-electron chi connectivity index (χ4n) is 1.12. The molecular formula is C11H17NO3. The first-order valence-corrected chi connectivity index (χ1v) is 5.23. The van der Waals surface area contributed by atoms with Crippen molar-refractivity contribution in [2.45, 2.75) is 25.7 Å². The van der Waals surface area contributed by atoms with Crippen molar-refractivity contribution in [3.63, 3.8) is 0 Å². The van der Waals surface area contributed by atoms with Crippen LogP contribution in [0.25, 0.3) is 0 Å². The molecule has 0 heterocycles. The highest BCUT2D eigenvalue weighted by Gasteiger charge is 2.20. The SMILES string of the molecule is COC(=O)CC/C=C/C(=O)NCC1CC1. The minimum Gasteiger partial charge on any atom is -0.469 e. The number of esters is 1. The molecular weight excluding hydrogens is 194 g/mol. The molecule has 0 unspecified atom stereocenters. The maximum Gasteiger partial charge on any atom is 0.305 e. The van der Waals surface area contributed by atoms with E-state index in [1.54, 1.807) is 6.08 Å². The molecule has 0 aromatic rings. The van der Waals surface area contributed by atoms with Crippen molar-refractivity contribution in [2.75, 3.05) is 13.7 Å². The Bertz CT molecular complexity index is 257. The molecule has 0 bridgehead atoms. The van der Waals surface area contributed by atoms with E-state index in [1.165, 1.54) is 26.0 Å². The molecule has 4 heteroatoms. The molecule has 1 fully saturated rings. The normalized spacial score (nSPS) is 15.3. The fourth-order valence-corrected chi connectivity index (χ4v) is 1.12. The molecule has 1 amide bonds. The van der Waals surface area contributed by atoms with Gasteiger partial charge in [-0.05, 0) is 31.3 Å². The summed E-state index contributed by atoms with van der Waals surface area (Å²) in [4.78, 5) is 21.9. The third kappa shape index (κ3) is 5.88. The predicted molar refractivity (Wildman–Crippen MR) is 56.1 cm³/mol. The highest BCUT2D eigenvalue weighted by atomic mass is 16.5. The van der Waals surface area contributed by atoms with E-state index in [2.05, 4.69) is 10.1 Å². The molecule has 0 radical (unpaired) electrons. The number of ether oxygens (including phenoxy) is 1. The Balaban J connectivity index is 2.02. The summed E-state index contributed by atoms with van der Waals surface area (Å²) >= 11 is 0. The fraction of sp³-hybridized carbons (Fsp3) is 0.636. The first-order valence-electron chi connectivity index (χ1n) is 5.23. The Hall–Kier alpha value is -1.32. The maximum absolute atomic E-state index is 11.2. The van der Waals surface area contributed by atoms with Crippen molar-refractivity contribution in [1.82, 2.24) is 5.32 Å². The van der Waals surface area contributed by atoms with Crippen molar-refractivity contribution >= 4 is 11.9 Å². The number of hydrogen-bond acceptors (Lipinski definition) is 3. The zero-order valence-corrected chi connectivity index (χ0v) is 8.99. The Kier molecular flexibility index (Phi) is 4.87. The van der Waals surface area contributed by atoms with E-state index in [0.717, 1.165) is 6.54 Å². The van der Waals surface area contributed by atoms with E-state index in [1.807, 2.05) is 0 Å². The average molecular weight is 211 g/mol. The van der Waals surface area contributed by atoms with Crippen LogP contribution in [-0.2, 0) is 14.3 Å². The van der Waals surface area contributed by atoms with E-state index in [-0.39, 0.29) is 11.9 Å². The molecule has 0 aliphatic heterocycles. The number of hydrogen-bond donors (Lipinski definition) is 1. The van der Waals surface area contributed by atoms with Gasteiger partial charge < -0.3 is 10.1 Å². The Labute approximate surface area is 89.7 Å². The van der Waals surface area contributed by atoms with Gasteiger partial charge in [-0.2, -0.15) is 0 Å². The van der Waals surface area contributed by atoms with Gasteiger partial charge in [0.25, 0.3) is 0 Å². The first kappa shape index (κ1) is 11.8. The van der Waals surface area contributed by atoms with Crippen molar-refractivity contribution < 1.29 is 14.3 Å². The number of carbonyl (C=O) groups excluding carboxylic acids is 2. The van der Waals surface area contributed by atoms with Crippen LogP contribution in [0.15, 0.2) is 12.2 Å². The molecule has 0 spiro atoms. The smallest absolute Gasteiger partial charge is 0.305 e. The standard InChI is InChI=1S/C11H17NO3/c1-15-11(14)5-3-2-4-10(13)12-8-9-6-7-9/h2,4,9H,3,5-8H2,1H3,(H,12,13)/b4-2+. The lowest BCUT2D eigenvalue weighted by Crippen LogP contribution is -2.23. The number of carbonyl (C=O) groups is 2. The lowest BCUT2D eigenvalue weighted by Gasteiger charge is -1.98. The van der Waals surface area contributed by atoms with Crippen LogP contribution in [0.1, 0.15) is 25.7 Å². The minimum absolute atomic E-state index is 0.0771. The largest absolute Gasteiger partial charge is 0.469 e. The van der Waals surface area contributed by atoms with Gasteiger partial charge in [0, 0.05) is 13.0 Å². The maximum atomic E-state index is 11.2. The van der Waals surface area contributed by atoms with Gasteiger partial charge in [-0.3, -0.25) is 9.59 Å². The molecule has 1 N–H and O–H groups in total. The highest BCUT2D eigenvalue weighted by molar-refractivity contribution is 5.87. The van der Waals surface area contributed by atoms with Crippen molar-refractivity contribution in [1.29, 1.82) is 0 Å². The van der Waals surface area contributed by atoms with Crippen LogP contribution in [0.3, 0.4) is 0 Å². The molecule has 0 saturated heterocycles. The summed E-state index contributed by atoms with van der Waals surface area (Å²) in [6.45, 7) is 0.778. The summed E-state index contributed by atoms with van der Waals surface area (Å²) in [5, 5.41) is 2.80. The molecule has 84 valence electrons. The van der Waals surface area contributed by atoms with Crippen LogP contribution in [0.4, 0.5) is 0 Å². The molecule has 1 rings (SSSR count).